The first-order chi connectivity index (χ1) is 16.4. The van der Waals surface area contributed by atoms with Crippen molar-refractivity contribution in [2.24, 2.45) is 0 Å². The van der Waals surface area contributed by atoms with E-state index >= 15 is 0 Å². The van der Waals surface area contributed by atoms with E-state index in [1.54, 1.807) is 30.6 Å². The molecule has 0 spiro atoms. The minimum Gasteiger partial charge on any atom is -0.294 e. The molecule has 2 aromatic carbocycles. The van der Waals surface area contributed by atoms with E-state index < -0.39 is 11.7 Å². The van der Waals surface area contributed by atoms with Crippen LogP contribution >= 0.6 is 0 Å². The highest BCUT2D eigenvalue weighted by Gasteiger charge is 2.30. The molecular weight excluding hydrogens is 444 g/mol. The van der Waals surface area contributed by atoms with Gasteiger partial charge in [-0.3, -0.25) is 9.88 Å². The van der Waals surface area contributed by atoms with Gasteiger partial charge in [0.1, 0.15) is 5.82 Å². The molecule has 1 aliphatic rings. The first-order valence-electron chi connectivity index (χ1n) is 10.8. The zero-order chi connectivity index (χ0) is 23.7. The number of alkyl halides is 3. The number of hydrogen-bond donors (Lipinski definition) is 0. The van der Waals surface area contributed by atoms with E-state index in [2.05, 4.69) is 19.9 Å². The lowest BCUT2D eigenvalue weighted by Crippen LogP contribution is -2.31. The van der Waals surface area contributed by atoms with Crippen LogP contribution in [-0.4, -0.2) is 26.4 Å². The fourth-order valence-corrected chi connectivity index (χ4v) is 4.06. The second-order valence-electron chi connectivity index (χ2n) is 8.23. The summed E-state index contributed by atoms with van der Waals surface area (Å²) in [5.74, 6) is 0.125. The number of hydrogen-bond acceptors (Lipinski definition) is 4. The van der Waals surface area contributed by atoms with Gasteiger partial charge < -0.3 is 0 Å². The van der Waals surface area contributed by atoms with Gasteiger partial charge in [-0.2, -0.15) is 13.2 Å². The number of benzene rings is 2. The lowest BCUT2D eigenvalue weighted by atomic mass is 10.1. The Morgan fingerprint density at radius 1 is 0.882 bits per heavy atom. The van der Waals surface area contributed by atoms with Crippen molar-refractivity contribution in [3.05, 3.63) is 101 Å². The maximum Gasteiger partial charge on any atom is 0.416 e. The zero-order valence-electron chi connectivity index (χ0n) is 18.1. The number of pyridine rings is 1. The molecule has 0 saturated carbocycles. The molecule has 172 valence electrons. The molecule has 0 bridgehead atoms. The number of aromatic nitrogens is 3. The molecule has 0 N–H and O–H groups in total. The number of fused-ring (bicyclic) bond motifs is 1. The Kier molecular flexibility index (Phi) is 5.83. The normalized spacial score (nSPS) is 14.1. The third-order valence-corrected chi connectivity index (χ3v) is 5.86. The zero-order valence-corrected chi connectivity index (χ0v) is 18.1. The second kappa shape index (κ2) is 8.95. The van der Waals surface area contributed by atoms with Gasteiger partial charge in [0.05, 0.1) is 17.0 Å². The van der Waals surface area contributed by atoms with Crippen LogP contribution in [0.2, 0.25) is 0 Å². The van der Waals surface area contributed by atoms with Gasteiger partial charge in [-0.1, -0.05) is 30.3 Å². The Labute approximate surface area is 194 Å². The molecule has 0 amide bonds. The SMILES string of the molecule is Fc1ccccc1-c1ccc(CN2CCc3nc(-c4ccc(C(F)(F)F)cc4)ncc3C2)cn1. The summed E-state index contributed by atoms with van der Waals surface area (Å²) < 4.78 is 52.4. The van der Waals surface area contributed by atoms with Crippen LogP contribution < -0.4 is 0 Å². The predicted molar refractivity (Wildman–Crippen MR) is 120 cm³/mol. The van der Waals surface area contributed by atoms with E-state index in [-0.39, 0.29) is 5.82 Å². The molecule has 0 radical (unpaired) electrons. The average molecular weight is 464 g/mol. The first kappa shape index (κ1) is 22.2. The molecule has 4 nitrogen and oxygen atoms in total. The van der Waals surface area contributed by atoms with Gasteiger partial charge in [0.15, 0.2) is 5.82 Å². The van der Waals surface area contributed by atoms with Gasteiger partial charge in [-0.05, 0) is 35.9 Å². The molecule has 2 aromatic heterocycles. The van der Waals surface area contributed by atoms with Crippen molar-refractivity contribution in [3.8, 4) is 22.6 Å². The average Bonchev–Trinajstić information content (AvgIpc) is 2.84. The van der Waals surface area contributed by atoms with Crippen molar-refractivity contribution in [1.29, 1.82) is 0 Å². The standard InChI is InChI=1S/C26H20F4N4/c27-22-4-2-1-3-21(22)24-10-5-17(13-31-24)15-34-12-11-23-19(16-34)14-32-25(33-23)18-6-8-20(9-7-18)26(28,29)30/h1-10,13-14H,11-12,15-16H2. The van der Waals surface area contributed by atoms with E-state index in [0.29, 0.717) is 42.2 Å². The summed E-state index contributed by atoms with van der Waals surface area (Å²) in [6, 6.07) is 15.2. The molecule has 0 aliphatic carbocycles. The van der Waals surface area contributed by atoms with Crippen LogP contribution in [0.3, 0.4) is 0 Å². The third kappa shape index (κ3) is 4.68. The van der Waals surface area contributed by atoms with Crippen molar-refractivity contribution in [1.82, 2.24) is 19.9 Å². The van der Waals surface area contributed by atoms with Crippen molar-refractivity contribution in [2.75, 3.05) is 6.54 Å². The van der Waals surface area contributed by atoms with Crippen LogP contribution in [0.1, 0.15) is 22.4 Å². The molecule has 0 saturated heterocycles. The molecule has 4 aromatic rings. The number of nitrogens with zero attached hydrogens (tertiary/aromatic N) is 4. The van der Waals surface area contributed by atoms with Gasteiger partial charge in [-0.25, -0.2) is 14.4 Å². The maximum atomic E-state index is 14.0. The number of halogens is 4. The summed E-state index contributed by atoms with van der Waals surface area (Å²) >= 11 is 0. The first-order valence-corrected chi connectivity index (χ1v) is 10.8. The molecule has 0 atom stereocenters. The Balaban J connectivity index is 1.26. The van der Waals surface area contributed by atoms with E-state index in [1.165, 1.54) is 18.2 Å². The summed E-state index contributed by atoms with van der Waals surface area (Å²) in [6.45, 7) is 2.13. The highest BCUT2D eigenvalue weighted by Crippen LogP contribution is 2.31. The molecular formula is C26H20F4N4. The van der Waals surface area contributed by atoms with Gasteiger partial charge in [0, 0.05) is 55.1 Å². The van der Waals surface area contributed by atoms with Crippen LogP contribution in [0.4, 0.5) is 17.6 Å². The summed E-state index contributed by atoms with van der Waals surface area (Å²) in [5.41, 5.74) is 3.86. The Hall–Kier alpha value is -3.65. The van der Waals surface area contributed by atoms with Crippen molar-refractivity contribution < 1.29 is 17.6 Å². The largest absolute Gasteiger partial charge is 0.416 e. The van der Waals surface area contributed by atoms with E-state index in [0.717, 1.165) is 35.5 Å². The molecule has 3 heterocycles. The highest BCUT2D eigenvalue weighted by molar-refractivity contribution is 5.59. The van der Waals surface area contributed by atoms with Gasteiger partial charge in [0.2, 0.25) is 0 Å². The van der Waals surface area contributed by atoms with Crippen LogP contribution in [-0.2, 0) is 25.7 Å². The smallest absolute Gasteiger partial charge is 0.294 e. The van der Waals surface area contributed by atoms with Crippen molar-refractivity contribution in [3.63, 3.8) is 0 Å². The van der Waals surface area contributed by atoms with Crippen LogP contribution in [0, 0.1) is 5.82 Å². The molecule has 34 heavy (non-hydrogen) atoms. The van der Waals surface area contributed by atoms with Crippen molar-refractivity contribution in [2.45, 2.75) is 25.7 Å². The quantitative estimate of drug-likeness (QED) is 0.352. The fourth-order valence-electron chi connectivity index (χ4n) is 4.06. The summed E-state index contributed by atoms with van der Waals surface area (Å²) in [6.07, 6.45) is -0.138. The minimum atomic E-state index is -4.37. The summed E-state index contributed by atoms with van der Waals surface area (Å²) in [4.78, 5) is 15.7. The minimum absolute atomic E-state index is 0.300. The third-order valence-electron chi connectivity index (χ3n) is 5.86. The molecule has 8 heteroatoms. The molecule has 0 unspecified atom stereocenters. The molecule has 5 rings (SSSR count). The lowest BCUT2D eigenvalue weighted by molar-refractivity contribution is -0.137. The molecule has 1 aliphatic heterocycles. The van der Waals surface area contributed by atoms with Gasteiger partial charge in [0.25, 0.3) is 0 Å². The Morgan fingerprint density at radius 2 is 1.68 bits per heavy atom. The monoisotopic (exact) mass is 464 g/mol. The van der Waals surface area contributed by atoms with E-state index in [4.69, 9.17) is 0 Å². The van der Waals surface area contributed by atoms with Crippen molar-refractivity contribution >= 4 is 0 Å². The summed E-state index contributed by atoms with van der Waals surface area (Å²) in [5, 5.41) is 0. The highest BCUT2D eigenvalue weighted by atomic mass is 19.4. The van der Waals surface area contributed by atoms with Crippen LogP contribution in [0.25, 0.3) is 22.6 Å². The fraction of sp³-hybridized carbons (Fsp3) is 0.192. The predicted octanol–water partition coefficient (Wildman–Crippen LogP) is 5.92. The Bertz CT molecular complexity index is 1300. The van der Waals surface area contributed by atoms with Gasteiger partial charge >= 0.3 is 6.18 Å². The Morgan fingerprint density at radius 3 is 2.38 bits per heavy atom. The number of rotatable bonds is 4. The van der Waals surface area contributed by atoms with Gasteiger partial charge in [-0.15, -0.1) is 0 Å². The lowest BCUT2D eigenvalue weighted by Gasteiger charge is -2.28. The second-order valence-corrected chi connectivity index (χ2v) is 8.23. The maximum absolute atomic E-state index is 14.0. The topological polar surface area (TPSA) is 41.9 Å². The molecule has 0 fully saturated rings. The van der Waals surface area contributed by atoms with Crippen LogP contribution in [0.5, 0.6) is 0 Å². The summed E-state index contributed by atoms with van der Waals surface area (Å²) in [7, 11) is 0. The van der Waals surface area contributed by atoms with E-state index in [9.17, 15) is 17.6 Å². The van der Waals surface area contributed by atoms with E-state index in [1.807, 2.05) is 12.1 Å². The van der Waals surface area contributed by atoms with Crippen LogP contribution in [0.15, 0.2) is 73.1 Å².